The molecule has 9 heteroatoms. The van der Waals surface area contributed by atoms with Crippen molar-refractivity contribution < 1.29 is 14.1 Å². The Morgan fingerprint density at radius 3 is 2.67 bits per heavy atom. The highest BCUT2D eigenvalue weighted by Gasteiger charge is 2.36. The first kappa shape index (κ1) is 20.9. The van der Waals surface area contributed by atoms with Gasteiger partial charge in [-0.05, 0) is 42.7 Å². The average Bonchev–Trinajstić information content (AvgIpc) is 2.80. The number of fused-ring (bicyclic) bond motifs is 4. The molecule has 2 unspecified atom stereocenters. The fourth-order valence-electron chi connectivity index (χ4n) is 4.93. The lowest BCUT2D eigenvalue weighted by Crippen LogP contribution is -2.47. The molecule has 2 aliphatic rings. The maximum Gasteiger partial charge on any atom is 0.293 e. The van der Waals surface area contributed by atoms with Crippen molar-refractivity contribution >= 4 is 23.0 Å². The first-order valence-corrected chi connectivity index (χ1v) is 10.7. The molecule has 2 aliphatic heterocycles. The Hall–Kier alpha value is -4.01. The molecular formula is C24H21FN4O4. The number of nitro benzene ring substituents is 1. The van der Waals surface area contributed by atoms with E-state index in [0.717, 1.165) is 12.1 Å². The van der Waals surface area contributed by atoms with Crippen LogP contribution in [0.2, 0.25) is 0 Å². The van der Waals surface area contributed by atoms with Crippen LogP contribution in [0.3, 0.4) is 0 Å². The van der Waals surface area contributed by atoms with Gasteiger partial charge in [0, 0.05) is 48.9 Å². The van der Waals surface area contributed by atoms with Gasteiger partial charge in [-0.2, -0.15) is 0 Å². The minimum atomic E-state index is -0.626. The van der Waals surface area contributed by atoms with E-state index in [4.69, 9.17) is 0 Å². The van der Waals surface area contributed by atoms with E-state index in [1.165, 1.54) is 30.3 Å². The van der Waals surface area contributed by atoms with Gasteiger partial charge >= 0.3 is 0 Å². The average molecular weight is 448 g/mol. The fraction of sp³-hybridized carbons (Fsp3) is 0.250. The van der Waals surface area contributed by atoms with Crippen molar-refractivity contribution in [2.24, 2.45) is 5.92 Å². The van der Waals surface area contributed by atoms with Gasteiger partial charge in [-0.3, -0.25) is 19.7 Å². The molecule has 3 aromatic rings. The lowest BCUT2D eigenvalue weighted by Gasteiger charge is -2.43. The summed E-state index contributed by atoms with van der Waals surface area (Å²) in [5, 5.41) is 14.3. The minimum absolute atomic E-state index is 0.00648. The summed E-state index contributed by atoms with van der Waals surface area (Å²) in [5.74, 6) is -0.926. The number of anilines is 2. The molecule has 1 amide bonds. The second-order valence-corrected chi connectivity index (χ2v) is 8.50. The van der Waals surface area contributed by atoms with Crippen LogP contribution >= 0.6 is 0 Å². The number of carbonyl (C=O) groups excluding carboxylic acids is 1. The maximum absolute atomic E-state index is 13.9. The van der Waals surface area contributed by atoms with Crippen LogP contribution in [0.25, 0.3) is 0 Å². The zero-order valence-electron chi connectivity index (χ0n) is 17.6. The molecule has 1 fully saturated rings. The number of hydrogen-bond donors (Lipinski definition) is 1. The Labute approximate surface area is 188 Å². The molecule has 0 spiro atoms. The van der Waals surface area contributed by atoms with Crippen molar-refractivity contribution in [2.45, 2.75) is 18.9 Å². The summed E-state index contributed by atoms with van der Waals surface area (Å²) < 4.78 is 15.7. The third-order valence-corrected chi connectivity index (χ3v) is 6.38. The number of piperidine rings is 1. The topological polar surface area (TPSA) is 97.5 Å². The number of nitro groups is 1. The number of pyridine rings is 1. The van der Waals surface area contributed by atoms with E-state index in [9.17, 15) is 24.1 Å². The zero-order chi connectivity index (χ0) is 23.1. The number of rotatable bonds is 4. The molecule has 0 radical (unpaired) electrons. The van der Waals surface area contributed by atoms with Gasteiger partial charge in [0.15, 0.2) is 0 Å². The molecule has 0 aliphatic carbocycles. The number of para-hydroxylation sites is 1. The number of benzene rings is 2. The molecule has 1 saturated heterocycles. The molecule has 2 bridgehead atoms. The van der Waals surface area contributed by atoms with Gasteiger partial charge < -0.3 is 14.8 Å². The number of aromatic nitrogens is 1. The second kappa shape index (κ2) is 8.16. The summed E-state index contributed by atoms with van der Waals surface area (Å²) in [5.41, 5.74) is 1.26. The monoisotopic (exact) mass is 448 g/mol. The number of amides is 1. The van der Waals surface area contributed by atoms with Crippen molar-refractivity contribution in [3.05, 3.63) is 98.2 Å². The highest BCUT2D eigenvalue weighted by atomic mass is 19.1. The normalized spacial score (nSPS) is 19.0. The molecule has 3 heterocycles. The van der Waals surface area contributed by atoms with Crippen molar-refractivity contribution in [3.63, 3.8) is 0 Å². The van der Waals surface area contributed by atoms with Gasteiger partial charge in [-0.1, -0.05) is 18.2 Å². The Balaban J connectivity index is 1.43. The van der Waals surface area contributed by atoms with E-state index < -0.39 is 16.6 Å². The van der Waals surface area contributed by atoms with Crippen LogP contribution in [-0.4, -0.2) is 28.5 Å². The van der Waals surface area contributed by atoms with Crippen molar-refractivity contribution in [3.8, 4) is 0 Å². The lowest BCUT2D eigenvalue weighted by molar-refractivity contribution is -0.384. The van der Waals surface area contributed by atoms with Crippen LogP contribution in [0.15, 0.2) is 65.5 Å². The van der Waals surface area contributed by atoms with E-state index >= 15 is 0 Å². The van der Waals surface area contributed by atoms with Crippen LogP contribution in [0.1, 0.15) is 28.4 Å². The Morgan fingerprint density at radius 1 is 1.06 bits per heavy atom. The van der Waals surface area contributed by atoms with Gasteiger partial charge in [-0.15, -0.1) is 0 Å². The largest absolute Gasteiger partial charge is 0.365 e. The highest BCUT2D eigenvalue weighted by molar-refractivity contribution is 6.05. The van der Waals surface area contributed by atoms with E-state index in [-0.39, 0.29) is 34.3 Å². The molecule has 5 rings (SSSR count). The molecule has 33 heavy (non-hydrogen) atoms. The van der Waals surface area contributed by atoms with Crippen LogP contribution in [0.4, 0.5) is 21.5 Å². The second-order valence-electron chi connectivity index (χ2n) is 8.50. The number of hydrogen-bond acceptors (Lipinski definition) is 5. The van der Waals surface area contributed by atoms with Crippen LogP contribution in [0, 0.1) is 21.8 Å². The molecule has 2 aromatic carbocycles. The Bertz CT molecular complexity index is 1320. The first-order chi connectivity index (χ1) is 15.9. The van der Waals surface area contributed by atoms with Crippen molar-refractivity contribution in [2.75, 3.05) is 23.3 Å². The SMILES string of the molecule is O=C(Nc1ccccc1F)c1ccc(N2CC3CC(C2)c2cccc(=O)n2C3)c([N+](=O)[O-])c1. The molecule has 168 valence electrons. The van der Waals surface area contributed by atoms with Gasteiger partial charge in [-0.25, -0.2) is 4.39 Å². The Kier molecular flexibility index (Phi) is 5.16. The predicted molar refractivity (Wildman–Crippen MR) is 121 cm³/mol. The number of halogens is 1. The predicted octanol–water partition coefficient (Wildman–Crippen LogP) is 3.77. The summed E-state index contributed by atoms with van der Waals surface area (Å²) in [6.07, 6.45) is 0.927. The van der Waals surface area contributed by atoms with E-state index in [1.807, 2.05) is 11.0 Å². The summed E-state index contributed by atoms with van der Waals surface area (Å²) in [6, 6.07) is 15.3. The highest BCUT2D eigenvalue weighted by Crippen LogP contribution is 2.39. The molecule has 1 N–H and O–H groups in total. The molecule has 2 atom stereocenters. The molecule has 0 saturated carbocycles. The van der Waals surface area contributed by atoms with E-state index in [2.05, 4.69) is 5.32 Å². The maximum atomic E-state index is 13.9. The number of nitrogens with zero attached hydrogens (tertiary/aromatic N) is 3. The van der Waals surface area contributed by atoms with Crippen LogP contribution < -0.4 is 15.8 Å². The van der Waals surface area contributed by atoms with E-state index in [0.29, 0.717) is 25.3 Å². The summed E-state index contributed by atoms with van der Waals surface area (Å²) in [6.45, 7) is 1.71. The van der Waals surface area contributed by atoms with Crippen LogP contribution in [-0.2, 0) is 6.54 Å². The quantitative estimate of drug-likeness (QED) is 0.484. The third kappa shape index (κ3) is 3.86. The first-order valence-electron chi connectivity index (χ1n) is 10.7. The van der Waals surface area contributed by atoms with Crippen molar-refractivity contribution in [1.82, 2.24) is 4.57 Å². The molecule has 1 aromatic heterocycles. The van der Waals surface area contributed by atoms with Crippen LogP contribution in [0.5, 0.6) is 0 Å². The summed E-state index contributed by atoms with van der Waals surface area (Å²) >= 11 is 0. The summed E-state index contributed by atoms with van der Waals surface area (Å²) in [7, 11) is 0. The van der Waals surface area contributed by atoms with Gasteiger partial charge in [0.1, 0.15) is 11.5 Å². The van der Waals surface area contributed by atoms with Gasteiger partial charge in [0.25, 0.3) is 17.2 Å². The summed E-state index contributed by atoms with van der Waals surface area (Å²) in [4.78, 5) is 38.2. The lowest BCUT2D eigenvalue weighted by atomic mass is 9.83. The molecular weight excluding hydrogens is 427 g/mol. The minimum Gasteiger partial charge on any atom is -0.365 e. The third-order valence-electron chi connectivity index (χ3n) is 6.38. The van der Waals surface area contributed by atoms with Gasteiger partial charge in [0.05, 0.1) is 10.6 Å². The molecule has 8 nitrogen and oxygen atoms in total. The zero-order valence-corrected chi connectivity index (χ0v) is 17.6. The Morgan fingerprint density at radius 2 is 1.88 bits per heavy atom. The van der Waals surface area contributed by atoms with Gasteiger partial charge in [0.2, 0.25) is 0 Å². The number of nitrogens with one attached hydrogen (secondary N) is 1. The van der Waals surface area contributed by atoms with Crippen molar-refractivity contribution in [1.29, 1.82) is 0 Å². The number of carbonyl (C=O) groups is 1. The standard InChI is InChI=1S/C24H21FN4O4/c25-18-4-1-2-5-19(18)26-24(31)16-8-9-21(22(11-16)29(32)33)27-12-15-10-17(14-27)20-6-3-7-23(30)28(20)13-15/h1-9,11,15,17H,10,12-14H2,(H,26,31). The van der Waals surface area contributed by atoms with E-state index in [1.54, 1.807) is 28.8 Å². The smallest absolute Gasteiger partial charge is 0.293 e. The fourth-order valence-corrected chi connectivity index (χ4v) is 4.93.